The molecule has 0 bridgehead atoms. The van der Waals surface area contributed by atoms with Crippen LogP contribution in [0.2, 0.25) is 0 Å². The van der Waals surface area contributed by atoms with Crippen molar-refractivity contribution in [1.29, 1.82) is 0 Å². The fourth-order valence-electron chi connectivity index (χ4n) is 1.82. The van der Waals surface area contributed by atoms with Crippen LogP contribution in [0, 0.1) is 0 Å². The lowest BCUT2D eigenvalue weighted by atomic mass is 9.79. The molecule has 3 nitrogen and oxygen atoms in total. The van der Waals surface area contributed by atoms with Gasteiger partial charge in [-0.05, 0) is 33.6 Å². The van der Waals surface area contributed by atoms with Crippen LogP contribution in [0.4, 0.5) is 0 Å². The van der Waals surface area contributed by atoms with Crippen molar-refractivity contribution in [2.45, 2.75) is 52.4 Å². The lowest BCUT2D eigenvalue weighted by molar-refractivity contribution is -0.135. The van der Waals surface area contributed by atoms with Gasteiger partial charge in [0.1, 0.15) is 0 Å². The van der Waals surface area contributed by atoms with Gasteiger partial charge in [0.25, 0.3) is 0 Å². The molecule has 0 spiro atoms. The van der Waals surface area contributed by atoms with Gasteiger partial charge in [-0.15, -0.1) is 0 Å². The third kappa shape index (κ3) is 4.12. The molecule has 1 rings (SSSR count). The first-order valence-electron chi connectivity index (χ1n) is 6.71. The highest BCUT2D eigenvalue weighted by Crippen LogP contribution is 2.30. The normalized spacial score (nSPS) is 13.4. The molecule has 0 saturated heterocycles. The fraction of sp³-hybridized carbons (Fsp3) is 0.471. The van der Waals surface area contributed by atoms with Gasteiger partial charge in [-0.25, -0.2) is 4.79 Å². The van der Waals surface area contributed by atoms with Crippen LogP contribution in [-0.2, 0) is 15.6 Å². The second-order valence-electron chi connectivity index (χ2n) is 7.18. The van der Waals surface area contributed by atoms with Crippen molar-refractivity contribution in [3.05, 3.63) is 40.6 Å². The van der Waals surface area contributed by atoms with Crippen molar-refractivity contribution in [3.63, 3.8) is 0 Å². The van der Waals surface area contributed by atoms with Crippen LogP contribution in [0.25, 0.3) is 6.08 Å². The van der Waals surface area contributed by atoms with Gasteiger partial charge in [-0.2, -0.15) is 0 Å². The zero-order valence-corrected chi connectivity index (χ0v) is 13.1. The van der Waals surface area contributed by atoms with Gasteiger partial charge < -0.3 is 10.2 Å². The van der Waals surface area contributed by atoms with Crippen molar-refractivity contribution in [2.24, 2.45) is 0 Å². The Morgan fingerprint density at radius 3 is 1.60 bits per heavy atom. The number of benzene rings is 1. The average molecular weight is 276 g/mol. The number of aliphatic hydroxyl groups is 1. The van der Waals surface area contributed by atoms with Crippen LogP contribution < -0.4 is 0 Å². The smallest absolute Gasteiger partial charge is 0.370 e. The number of carboxylic acid groups (broad SMARTS) is 1. The molecule has 0 saturated carbocycles. The third-order valence-corrected chi connectivity index (χ3v) is 3.21. The van der Waals surface area contributed by atoms with E-state index in [-0.39, 0.29) is 10.8 Å². The number of hydrogen-bond acceptors (Lipinski definition) is 2. The lowest BCUT2D eigenvalue weighted by Crippen LogP contribution is -2.16. The van der Waals surface area contributed by atoms with E-state index in [1.165, 1.54) is 6.08 Å². The molecule has 3 heteroatoms. The van der Waals surface area contributed by atoms with E-state index >= 15 is 0 Å². The number of carboxylic acids is 1. The van der Waals surface area contributed by atoms with Crippen molar-refractivity contribution in [1.82, 2.24) is 0 Å². The Morgan fingerprint density at radius 1 is 0.900 bits per heavy atom. The summed E-state index contributed by atoms with van der Waals surface area (Å²) in [5, 5.41) is 18.2. The monoisotopic (exact) mass is 276 g/mol. The summed E-state index contributed by atoms with van der Waals surface area (Å²) in [5.74, 6) is -1.96. The van der Waals surface area contributed by atoms with Gasteiger partial charge >= 0.3 is 5.97 Å². The molecule has 0 atom stereocenters. The van der Waals surface area contributed by atoms with Crippen LogP contribution >= 0.6 is 0 Å². The van der Waals surface area contributed by atoms with Gasteiger partial charge in [0.05, 0.1) is 0 Å². The Labute approximate surface area is 121 Å². The van der Waals surface area contributed by atoms with E-state index in [0.29, 0.717) is 5.56 Å². The number of aliphatic hydroxyl groups excluding tert-OH is 1. The molecule has 1 aromatic rings. The summed E-state index contributed by atoms with van der Waals surface area (Å²) in [4.78, 5) is 10.7. The number of carbonyl (C=O) groups is 1. The molecular weight excluding hydrogens is 252 g/mol. The van der Waals surface area contributed by atoms with E-state index in [2.05, 4.69) is 47.6 Å². The minimum absolute atomic E-state index is 0.0390. The molecule has 0 unspecified atom stereocenters. The number of rotatable bonds is 2. The van der Waals surface area contributed by atoms with E-state index in [1.807, 2.05) is 12.1 Å². The van der Waals surface area contributed by atoms with Gasteiger partial charge in [-0.1, -0.05) is 59.7 Å². The van der Waals surface area contributed by atoms with Crippen LogP contribution in [0.15, 0.2) is 24.0 Å². The van der Waals surface area contributed by atoms with E-state index in [0.717, 1.165) is 11.1 Å². The molecule has 0 aliphatic carbocycles. The highest BCUT2D eigenvalue weighted by Gasteiger charge is 2.20. The van der Waals surface area contributed by atoms with Crippen LogP contribution in [0.3, 0.4) is 0 Å². The number of hydrogen-bond donors (Lipinski definition) is 2. The molecular formula is C17H24O3. The molecule has 0 amide bonds. The van der Waals surface area contributed by atoms with E-state index in [1.54, 1.807) is 0 Å². The zero-order chi connectivity index (χ0) is 15.7. The van der Waals surface area contributed by atoms with Crippen LogP contribution in [-0.4, -0.2) is 16.2 Å². The minimum Gasteiger partial charge on any atom is -0.502 e. The van der Waals surface area contributed by atoms with Crippen LogP contribution in [0.1, 0.15) is 58.2 Å². The second kappa shape index (κ2) is 5.31. The van der Waals surface area contributed by atoms with Gasteiger partial charge in [0.15, 0.2) is 0 Å². The first kappa shape index (κ1) is 16.3. The summed E-state index contributed by atoms with van der Waals surface area (Å²) in [7, 11) is 0. The maximum atomic E-state index is 10.7. The lowest BCUT2D eigenvalue weighted by Gasteiger charge is -2.25. The largest absolute Gasteiger partial charge is 0.502 e. The van der Waals surface area contributed by atoms with Crippen molar-refractivity contribution < 1.29 is 15.0 Å². The summed E-state index contributed by atoms with van der Waals surface area (Å²) < 4.78 is 0. The molecule has 110 valence electrons. The van der Waals surface area contributed by atoms with Gasteiger partial charge in [0.2, 0.25) is 5.76 Å². The SMILES string of the molecule is CC(C)(C)c1cc(C=C(O)C(=O)O)cc(C(C)(C)C)c1. The third-order valence-electron chi connectivity index (χ3n) is 3.21. The topological polar surface area (TPSA) is 57.5 Å². The Morgan fingerprint density at radius 2 is 1.30 bits per heavy atom. The predicted octanol–water partition coefficient (Wildman–Crippen LogP) is 4.27. The van der Waals surface area contributed by atoms with Crippen molar-refractivity contribution >= 4 is 12.0 Å². The van der Waals surface area contributed by atoms with Crippen molar-refractivity contribution in [2.75, 3.05) is 0 Å². The molecule has 20 heavy (non-hydrogen) atoms. The summed E-state index contributed by atoms with van der Waals surface area (Å²) in [5.41, 5.74) is 2.87. The fourth-order valence-corrected chi connectivity index (χ4v) is 1.82. The highest BCUT2D eigenvalue weighted by molar-refractivity contribution is 5.89. The standard InChI is InChI=1S/C17H24O3/c1-16(2,3)12-7-11(9-14(18)15(19)20)8-13(10-12)17(4,5)6/h7-10,18H,1-6H3,(H,19,20). The Bertz CT molecular complexity index is 508. The molecule has 2 N–H and O–H groups in total. The average Bonchev–Trinajstić information content (AvgIpc) is 2.26. The van der Waals surface area contributed by atoms with E-state index < -0.39 is 11.7 Å². The zero-order valence-electron chi connectivity index (χ0n) is 13.1. The molecule has 0 aliphatic rings. The molecule has 0 fully saturated rings. The molecule has 0 radical (unpaired) electrons. The summed E-state index contributed by atoms with van der Waals surface area (Å²) in [6.45, 7) is 12.7. The second-order valence-corrected chi connectivity index (χ2v) is 7.18. The van der Waals surface area contributed by atoms with E-state index in [4.69, 9.17) is 5.11 Å². The summed E-state index contributed by atoms with van der Waals surface area (Å²) in [6, 6.07) is 6.00. The Balaban J connectivity index is 3.47. The first-order valence-corrected chi connectivity index (χ1v) is 6.71. The van der Waals surface area contributed by atoms with Gasteiger partial charge in [-0.3, -0.25) is 0 Å². The van der Waals surface area contributed by atoms with Crippen LogP contribution in [0.5, 0.6) is 0 Å². The molecule has 0 aliphatic heterocycles. The van der Waals surface area contributed by atoms with Gasteiger partial charge in [0, 0.05) is 0 Å². The summed E-state index contributed by atoms with van der Waals surface area (Å²) in [6.07, 6.45) is 1.30. The molecule has 0 heterocycles. The Kier molecular flexibility index (Phi) is 4.33. The van der Waals surface area contributed by atoms with Crippen molar-refractivity contribution in [3.8, 4) is 0 Å². The quantitative estimate of drug-likeness (QED) is 0.626. The summed E-state index contributed by atoms with van der Waals surface area (Å²) >= 11 is 0. The molecule has 1 aromatic carbocycles. The first-order chi connectivity index (χ1) is 8.91. The molecule has 0 aromatic heterocycles. The predicted molar refractivity (Wildman–Crippen MR) is 82.1 cm³/mol. The number of aliphatic carboxylic acids is 1. The maximum absolute atomic E-state index is 10.7. The maximum Gasteiger partial charge on any atom is 0.370 e. The van der Waals surface area contributed by atoms with E-state index in [9.17, 15) is 9.90 Å². The Hall–Kier alpha value is -1.77. The highest BCUT2D eigenvalue weighted by atomic mass is 16.4. The minimum atomic E-state index is -1.32.